The molecule has 6 heteroatoms. The first-order valence-electron chi connectivity index (χ1n) is 5.06. The van der Waals surface area contributed by atoms with Crippen LogP contribution in [-0.2, 0) is 0 Å². The first-order chi connectivity index (χ1) is 7.77. The Morgan fingerprint density at radius 1 is 1.44 bits per heavy atom. The van der Waals surface area contributed by atoms with E-state index >= 15 is 0 Å². The molecular formula is C10H10N4OS. The average Bonchev–Trinajstić information content (AvgIpc) is 2.98. The Bertz CT molecular complexity index is 571. The molecule has 0 atom stereocenters. The fourth-order valence-electron chi connectivity index (χ4n) is 1.60. The number of nitrogens with two attached hydrogens (primary N) is 1. The van der Waals surface area contributed by atoms with E-state index in [0.29, 0.717) is 17.4 Å². The highest BCUT2D eigenvalue weighted by Gasteiger charge is 2.29. The summed E-state index contributed by atoms with van der Waals surface area (Å²) in [5.41, 5.74) is 0.0706. The molecule has 1 aliphatic rings. The van der Waals surface area contributed by atoms with Gasteiger partial charge in [0, 0.05) is 5.92 Å². The standard InChI is InChI=1S/C10H10N4OS/c11-14-9(6-3-4-6)13-12-8(10(14)15)7-2-1-5-16-7/h1-2,5-6H,3-4,11H2. The quantitative estimate of drug-likeness (QED) is 0.785. The lowest BCUT2D eigenvalue weighted by atomic mass is 10.3. The summed E-state index contributed by atoms with van der Waals surface area (Å²) >= 11 is 1.46. The molecule has 2 heterocycles. The van der Waals surface area contributed by atoms with E-state index in [2.05, 4.69) is 10.2 Å². The van der Waals surface area contributed by atoms with Gasteiger partial charge >= 0.3 is 0 Å². The topological polar surface area (TPSA) is 73.8 Å². The molecule has 0 saturated heterocycles. The Morgan fingerprint density at radius 2 is 2.25 bits per heavy atom. The number of hydrogen-bond donors (Lipinski definition) is 1. The van der Waals surface area contributed by atoms with Gasteiger partial charge in [-0.15, -0.1) is 21.5 Å². The zero-order valence-electron chi connectivity index (χ0n) is 8.46. The molecule has 1 saturated carbocycles. The van der Waals surface area contributed by atoms with E-state index in [4.69, 9.17) is 5.84 Å². The lowest BCUT2D eigenvalue weighted by Crippen LogP contribution is -2.33. The van der Waals surface area contributed by atoms with E-state index in [9.17, 15) is 4.79 Å². The molecule has 0 aliphatic heterocycles. The molecular weight excluding hydrogens is 224 g/mol. The maximum Gasteiger partial charge on any atom is 0.299 e. The minimum Gasteiger partial charge on any atom is -0.335 e. The van der Waals surface area contributed by atoms with E-state index in [1.165, 1.54) is 11.3 Å². The zero-order chi connectivity index (χ0) is 11.1. The Morgan fingerprint density at radius 3 is 2.88 bits per heavy atom. The van der Waals surface area contributed by atoms with Crippen LogP contribution in [0.4, 0.5) is 0 Å². The normalized spacial score (nSPS) is 15.2. The molecule has 16 heavy (non-hydrogen) atoms. The van der Waals surface area contributed by atoms with Gasteiger partial charge in [0.1, 0.15) is 0 Å². The molecule has 2 aromatic rings. The van der Waals surface area contributed by atoms with Gasteiger partial charge in [-0.25, -0.2) is 4.68 Å². The van der Waals surface area contributed by atoms with Gasteiger partial charge in [-0.05, 0) is 24.3 Å². The van der Waals surface area contributed by atoms with Crippen molar-refractivity contribution in [2.24, 2.45) is 0 Å². The van der Waals surface area contributed by atoms with Crippen LogP contribution < -0.4 is 11.4 Å². The predicted molar refractivity (Wildman–Crippen MR) is 61.7 cm³/mol. The SMILES string of the molecule is Nn1c(C2CC2)nnc(-c2cccs2)c1=O. The zero-order valence-corrected chi connectivity index (χ0v) is 9.28. The van der Waals surface area contributed by atoms with Crippen LogP contribution in [0, 0.1) is 0 Å². The van der Waals surface area contributed by atoms with Crippen molar-refractivity contribution in [1.82, 2.24) is 14.9 Å². The highest BCUT2D eigenvalue weighted by molar-refractivity contribution is 7.13. The minimum absolute atomic E-state index is 0.264. The smallest absolute Gasteiger partial charge is 0.299 e. The van der Waals surface area contributed by atoms with Crippen LogP contribution in [0.5, 0.6) is 0 Å². The Balaban J connectivity index is 2.15. The first kappa shape index (κ1) is 9.53. The highest BCUT2D eigenvalue weighted by Crippen LogP contribution is 2.37. The molecule has 82 valence electrons. The summed E-state index contributed by atoms with van der Waals surface area (Å²) in [6.07, 6.45) is 2.09. The van der Waals surface area contributed by atoms with Crippen molar-refractivity contribution >= 4 is 11.3 Å². The lowest BCUT2D eigenvalue weighted by Gasteiger charge is -2.05. The average molecular weight is 234 g/mol. The largest absolute Gasteiger partial charge is 0.335 e. The second-order valence-electron chi connectivity index (χ2n) is 3.83. The summed E-state index contributed by atoms with van der Waals surface area (Å²) in [6.45, 7) is 0. The van der Waals surface area contributed by atoms with Crippen LogP contribution in [-0.4, -0.2) is 14.9 Å². The summed E-state index contributed by atoms with van der Waals surface area (Å²) in [4.78, 5) is 12.8. The third-order valence-electron chi connectivity index (χ3n) is 2.62. The minimum atomic E-state index is -0.264. The molecule has 3 rings (SSSR count). The van der Waals surface area contributed by atoms with Gasteiger partial charge in [-0.3, -0.25) is 4.79 Å². The molecule has 0 radical (unpaired) electrons. The first-order valence-corrected chi connectivity index (χ1v) is 5.94. The maximum absolute atomic E-state index is 12.0. The second-order valence-corrected chi connectivity index (χ2v) is 4.78. The van der Waals surface area contributed by atoms with Gasteiger partial charge in [0.2, 0.25) is 0 Å². The van der Waals surface area contributed by atoms with Crippen LogP contribution in [0.1, 0.15) is 24.6 Å². The number of nitrogens with zero attached hydrogens (tertiary/aromatic N) is 3. The molecule has 0 unspecified atom stereocenters. The molecule has 0 spiro atoms. The van der Waals surface area contributed by atoms with Crippen molar-refractivity contribution in [1.29, 1.82) is 0 Å². The molecule has 0 amide bonds. The van der Waals surface area contributed by atoms with Crippen molar-refractivity contribution in [2.75, 3.05) is 5.84 Å². The summed E-state index contributed by atoms with van der Waals surface area (Å²) in [6, 6.07) is 3.71. The van der Waals surface area contributed by atoms with Crippen LogP contribution in [0.2, 0.25) is 0 Å². The third-order valence-corrected chi connectivity index (χ3v) is 3.49. The number of nitrogen functional groups attached to an aromatic ring is 1. The van der Waals surface area contributed by atoms with E-state index < -0.39 is 0 Å². The van der Waals surface area contributed by atoms with Crippen molar-refractivity contribution in [3.8, 4) is 10.6 Å². The Kier molecular flexibility index (Phi) is 2.03. The fourth-order valence-corrected chi connectivity index (χ4v) is 2.30. The number of hydrogen-bond acceptors (Lipinski definition) is 5. The van der Waals surface area contributed by atoms with E-state index in [-0.39, 0.29) is 5.56 Å². The van der Waals surface area contributed by atoms with Crippen molar-refractivity contribution in [3.63, 3.8) is 0 Å². The van der Waals surface area contributed by atoms with Gasteiger partial charge in [0.15, 0.2) is 11.5 Å². The lowest BCUT2D eigenvalue weighted by molar-refractivity contribution is 0.727. The summed E-state index contributed by atoms with van der Waals surface area (Å²) in [5.74, 6) is 6.66. The van der Waals surface area contributed by atoms with Crippen LogP contribution in [0.25, 0.3) is 10.6 Å². The van der Waals surface area contributed by atoms with Gasteiger partial charge in [0.25, 0.3) is 5.56 Å². The fraction of sp³-hybridized carbons (Fsp3) is 0.300. The van der Waals surface area contributed by atoms with Gasteiger partial charge in [-0.2, -0.15) is 0 Å². The van der Waals surface area contributed by atoms with Crippen LogP contribution in [0.3, 0.4) is 0 Å². The van der Waals surface area contributed by atoms with Crippen molar-refractivity contribution in [2.45, 2.75) is 18.8 Å². The second kappa shape index (κ2) is 3.41. The maximum atomic E-state index is 12.0. The van der Waals surface area contributed by atoms with Gasteiger partial charge in [-0.1, -0.05) is 6.07 Å². The van der Waals surface area contributed by atoms with Gasteiger partial charge in [0.05, 0.1) is 4.88 Å². The third kappa shape index (κ3) is 1.42. The van der Waals surface area contributed by atoms with Gasteiger partial charge < -0.3 is 5.84 Å². The number of thiophene rings is 1. The Hall–Kier alpha value is -1.69. The molecule has 5 nitrogen and oxygen atoms in total. The molecule has 1 fully saturated rings. The number of aromatic nitrogens is 3. The summed E-state index contributed by atoms with van der Waals surface area (Å²) < 4.78 is 1.14. The summed E-state index contributed by atoms with van der Waals surface area (Å²) in [7, 11) is 0. The van der Waals surface area contributed by atoms with E-state index in [1.54, 1.807) is 0 Å². The van der Waals surface area contributed by atoms with Crippen molar-refractivity contribution < 1.29 is 0 Å². The molecule has 0 bridgehead atoms. The van der Waals surface area contributed by atoms with Crippen LogP contribution in [0.15, 0.2) is 22.3 Å². The van der Waals surface area contributed by atoms with Crippen molar-refractivity contribution in [3.05, 3.63) is 33.7 Å². The predicted octanol–water partition coefficient (Wildman–Crippen LogP) is 0.958. The molecule has 2 N–H and O–H groups in total. The Labute approximate surface area is 95.5 Å². The number of rotatable bonds is 2. The van der Waals surface area contributed by atoms with Crippen LogP contribution >= 0.6 is 11.3 Å². The van der Waals surface area contributed by atoms with E-state index in [1.807, 2.05) is 17.5 Å². The monoisotopic (exact) mass is 234 g/mol. The van der Waals surface area contributed by atoms with E-state index in [0.717, 1.165) is 22.4 Å². The molecule has 0 aromatic carbocycles. The molecule has 2 aromatic heterocycles. The highest BCUT2D eigenvalue weighted by atomic mass is 32.1. The molecule has 1 aliphatic carbocycles. The summed E-state index contributed by atoms with van der Waals surface area (Å²) in [5, 5.41) is 9.94.